The summed E-state index contributed by atoms with van der Waals surface area (Å²) in [5.74, 6) is 0.557. The first kappa shape index (κ1) is 17.0. The van der Waals surface area contributed by atoms with Gasteiger partial charge in [0.25, 0.3) is 0 Å². The van der Waals surface area contributed by atoms with E-state index in [2.05, 4.69) is 25.9 Å². The maximum absolute atomic E-state index is 12.3. The highest BCUT2D eigenvalue weighted by Gasteiger charge is 2.29. The Kier molecular flexibility index (Phi) is 4.42. The van der Waals surface area contributed by atoms with Gasteiger partial charge in [-0.1, -0.05) is 0 Å². The van der Waals surface area contributed by atoms with E-state index in [4.69, 9.17) is 10.5 Å². The van der Waals surface area contributed by atoms with Crippen LogP contribution < -0.4 is 5.73 Å². The van der Waals surface area contributed by atoms with Crippen LogP contribution >= 0.6 is 15.9 Å². The van der Waals surface area contributed by atoms with Gasteiger partial charge in [-0.25, -0.2) is 14.8 Å². The van der Waals surface area contributed by atoms with Gasteiger partial charge in [-0.3, -0.25) is 4.40 Å². The molecule has 130 valence electrons. The first-order chi connectivity index (χ1) is 11.2. The highest BCUT2D eigenvalue weighted by Crippen LogP contribution is 2.29. The number of nitrogen functional groups attached to an aromatic ring is 1. The number of carbonyl (C=O) groups excluding carboxylic acids is 1. The lowest BCUT2D eigenvalue weighted by molar-refractivity contribution is 0.0197. The molecule has 2 N–H and O–H groups in total. The van der Waals surface area contributed by atoms with E-state index < -0.39 is 5.60 Å². The molecule has 3 rings (SSSR count). The number of ether oxygens (including phenoxy) is 1. The molecule has 1 fully saturated rings. The number of halogens is 1. The van der Waals surface area contributed by atoms with Crippen molar-refractivity contribution in [3.05, 3.63) is 22.7 Å². The molecular weight excluding hydrogens is 374 g/mol. The number of hydrogen-bond acceptors (Lipinski definition) is 5. The Bertz CT molecular complexity index is 729. The zero-order chi connectivity index (χ0) is 17.5. The summed E-state index contributed by atoms with van der Waals surface area (Å²) < 4.78 is 8.16. The Morgan fingerprint density at radius 2 is 2.21 bits per heavy atom. The monoisotopic (exact) mass is 395 g/mol. The molecule has 1 amide bonds. The van der Waals surface area contributed by atoms with Crippen molar-refractivity contribution in [1.82, 2.24) is 19.3 Å². The molecule has 0 spiro atoms. The Morgan fingerprint density at radius 3 is 2.88 bits per heavy atom. The number of imidazole rings is 1. The number of carbonyl (C=O) groups is 1. The van der Waals surface area contributed by atoms with Crippen LogP contribution in [0.2, 0.25) is 0 Å². The van der Waals surface area contributed by atoms with E-state index in [-0.39, 0.29) is 12.0 Å². The number of likely N-dealkylation sites (tertiary alicyclic amines) is 1. The summed E-state index contributed by atoms with van der Waals surface area (Å²) in [7, 11) is 0. The second-order valence-corrected chi connectivity index (χ2v) is 7.90. The summed E-state index contributed by atoms with van der Waals surface area (Å²) in [4.78, 5) is 22.8. The zero-order valence-electron chi connectivity index (χ0n) is 14.1. The molecule has 0 aliphatic carbocycles. The van der Waals surface area contributed by atoms with Gasteiger partial charge in [0.15, 0.2) is 11.5 Å². The van der Waals surface area contributed by atoms with Crippen molar-refractivity contribution in [2.24, 2.45) is 0 Å². The number of nitrogens with two attached hydrogens (primary N) is 1. The lowest BCUT2D eigenvalue weighted by Gasteiger charge is -2.33. The van der Waals surface area contributed by atoms with Crippen molar-refractivity contribution in [3.63, 3.8) is 0 Å². The first-order valence-corrected chi connectivity index (χ1v) is 8.81. The summed E-state index contributed by atoms with van der Waals surface area (Å²) >= 11 is 3.46. The standard InChI is InChI=1S/C16H22BrN5O2/c1-16(2,3)24-15(23)21-6-4-5-10(8-21)11-9-22-12(17)7-19-13(18)14(22)20-11/h7,9-10H,4-6,8H2,1-3H3,(H2,18,19). The van der Waals surface area contributed by atoms with Gasteiger partial charge in [0.2, 0.25) is 0 Å². The normalized spacial score (nSPS) is 18.8. The molecule has 0 radical (unpaired) electrons. The Labute approximate surface area is 149 Å². The molecule has 24 heavy (non-hydrogen) atoms. The smallest absolute Gasteiger partial charge is 0.410 e. The second kappa shape index (κ2) is 6.23. The van der Waals surface area contributed by atoms with Crippen LogP contribution in [0.4, 0.5) is 10.6 Å². The van der Waals surface area contributed by atoms with Crippen molar-refractivity contribution in [2.75, 3.05) is 18.8 Å². The van der Waals surface area contributed by atoms with Crippen molar-refractivity contribution >= 4 is 33.5 Å². The fourth-order valence-electron chi connectivity index (χ4n) is 2.89. The van der Waals surface area contributed by atoms with Crippen LogP contribution in [-0.2, 0) is 4.74 Å². The minimum atomic E-state index is -0.488. The highest BCUT2D eigenvalue weighted by atomic mass is 79.9. The van der Waals surface area contributed by atoms with Gasteiger partial charge < -0.3 is 15.4 Å². The molecule has 0 aromatic carbocycles. The van der Waals surface area contributed by atoms with Gasteiger partial charge in [-0.2, -0.15) is 0 Å². The number of rotatable bonds is 1. The molecule has 0 bridgehead atoms. The quantitative estimate of drug-likeness (QED) is 0.800. The molecule has 8 heteroatoms. The SMILES string of the molecule is CC(C)(C)OC(=O)N1CCCC(c2cn3c(Br)cnc(N)c3n2)C1. The third kappa shape index (κ3) is 3.48. The van der Waals surface area contributed by atoms with Gasteiger partial charge >= 0.3 is 6.09 Å². The molecule has 1 aliphatic heterocycles. The van der Waals surface area contributed by atoms with Gasteiger partial charge in [0.05, 0.1) is 11.9 Å². The predicted octanol–water partition coefficient (Wildman–Crippen LogP) is 3.19. The summed E-state index contributed by atoms with van der Waals surface area (Å²) in [6.07, 6.45) is 5.25. The molecule has 0 saturated carbocycles. The van der Waals surface area contributed by atoms with Crippen LogP contribution in [-0.4, -0.2) is 44.1 Å². The van der Waals surface area contributed by atoms with E-state index in [1.807, 2.05) is 31.4 Å². The van der Waals surface area contributed by atoms with E-state index in [1.165, 1.54) is 0 Å². The third-order valence-electron chi connectivity index (χ3n) is 3.99. The largest absolute Gasteiger partial charge is 0.444 e. The Balaban J connectivity index is 1.81. The molecule has 7 nitrogen and oxygen atoms in total. The minimum absolute atomic E-state index is 0.164. The minimum Gasteiger partial charge on any atom is -0.444 e. The Morgan fingerprint density at radius 1 is 1.46 bits per heavy atom. The fourth-order valence-corrected chi connectivity index (χ4v) is 3.26. The van der Waals surface area contributed by atoms with Crippen LogP contribution in [0.5, 0.6) is 0 Å². The maximum atomic E-state index is 12.3. The first-order valence-electron chi connectivity index (χ1n) is 8.01. The molecule has 2 aromatic heterocycles. The Hall–Kier alpha value is -1.83. The van der Waals surface area contributed by atoms with Gasteiger partial charge in [-0.05, 0) is 49.5 Å². The van der Waals surface area contributed by atoms with Crippen molar-refractivity contribution in [2.45, 2.75) is 45.1 Å². The topological polar surface area (TPSA) is 85.8 Å². The van der Waals surface area contributed by atoms with Crippen LogP contribution in [0.1, 0.15) is 45.2 Å². The van der Waals surface area contributed by atoms with Crippen molar-refractivity contribution in [3.8, 4) is 0 Å². The number of hydrogen-bond donors (Lipinski definition) is 1. The van der Waals surface area contributed by atoms with Gasteiger partial charge in [-0.15, -0.1) is 0 Å². The second-order valence-electron chi connectivity index (χ2n) is 7.09. The van der Waals surface area contributed by atoms with Gasteiger partial charge in [0, 0.05) is 25.2 Å². The van der Waals surface area contributed by atoms with Crippen LogP contribution in [0.15, 0.2) is 17.0 Å². The fraction of sp³-hybridized carbons (Fsp3) is 0.562. The molecule has 1 aliphatic rings. The average molecular weight is 396 g/mol. The molecule has 1 atom stereocenters. The number of fused-ring (bicyclic) bond motifs is 1. The van der Waals surface area contributed by atoms with E-state index in [0.29, 0.717) is 24.6 Å². The maximum Gasteiger partial charge on any atom is 0.410 e. The molecule has 3 heterocycles. The predicted molar refractivity (Wildman–Crippen MR) is 94.9 cm³/mol. The summed E-state index contributed by atoms with van der Waals surface area (Å²) in [6.45, 7) is 6.95. The van der Waals surface area contributed by atoms with E-state index in [1.54, 1.807) is 11.1 Å². The number of nitrogens with zero attached hydrogens (tertiary/aromatic N) is 4. The van der Waals surface area contributed by atoms with E-state index in [9.17, 15) is 4.79 Å². The van der Waals surface area contributed by atoms with E-state index >= 15 is 0 Å². The summed E-state index contributed by atoms with van der Waals surface area (Å²) in [6, 6.07) is 0. The third-order valence-corrected chi connectivity index (χ3v) is 4.57. The number of anilines is 1. The highest BCUT2D eigenvalue weighted by molar-refractivity contribution is 9.10. The van der Waals surface area contributed by atoms with Crippen molar-refractivity contribution in [1.29, 1.82) is 0 Å². The number of amides is 1. The molecule has 1 saturated heterocycles. The van der Waals surface area contributed by atoms with Crippen LogP contribution in [0.25, 0.3) is 5.65 Å². The van der Waals surface area contributed by atoms with Crippen LogP contribution in [0.3, 0.4) is 0 Å². The molecule has 2 aromatic rings. The van der Waals surface area contributed by atoms with E-state index in [0.717, 1.165) is 23.1 Å². The number of piperidine rings is 1. The molecular formula is C16H22BrN5O2. The lowest BCUT2D eigenvalue weighted by atomic mass is 9.95. The number of aromatic nitrogens is 3. The molecule has 1 unspecified atom stereocenters. The lowest BCUT2D eigenvalue weighted by Crippen LogP contribution is -2.42. The average Bonchev–Trinajstić information content (AvgIpc) is 2.96. The summed E-state index contributed by atoms with van der Waals surface area (Å²) in [5, 5.41) is 0. The van der Waals surface area contributed by atoms with Crippen molar-refractivity contribution < 1.29 is 9.53 Å². The zero-order valence-corrected chi connectivity index (χ0v) is 15.7. The van der Waals surface area contributed by atoms with Crippen LogP contribution in [0, 0.1) is 0 Å². The summed E-state index contributed by atoms with van der Waals surface area (Å²) in [5.41, 5.74) is 6.98. The van der Waals surface area contributed by atoms with Gasteiger partial charge in [0.1, 0.15) is 10.2 Å².